The Labute approximate surface area is 174 Å². The summed E-state index contributed by atoms with van der Waals surface area (Å²) in [5.41, 5.74) is 4.57. The molecule has 1 aliphatic rings. The van der Waals surface area contributed by atoms with Crippen LogP contribution in [0.4, 0.5) is 0 Å². The normalized spacial score (nSPS) is 13.1. The maximum absolute atomic E-state index is 12.4. The number of carbonyl (C=O) groups is 2. The molecule has 7 heteroatoms. The van der Waals surface area contributed by atoms with E-state index >= 15 is 0 Å². The van der Waals surface area contributed by atoms with E-state index in [4.69, 9.17) is 4.42 Å². The summed E-state index contributed by atoms with van der Waals surface area (Å²) in [6, 6.07) is 13.9. The Morgan fingerprint density at radius 3 is 2.50 bits per heavy atom. The molecule has 1 saturated carbocycles. The Morgan fingerprint density at radius 1 is 1.07 bits per heavy atom. The van der Waals surface area contributed by atoms with E-state index in [9.17, 15) is 9.59 Å². The lowest BCUT2D eigenvalue weighted by Gasteiger charge is -2.10. The molecule has 30 heavy (non-hydrogen) atoms. The first-order valence-electron chi connectivity index (χ1n) is 10.1. The number of hydrogen-bond donors (Lipinski definition) is 2. The van der Waals surface area contributed by atoms with E-state index in [0.717, 1.165) is 35.1 Å². The van der Waals surface area contributed by atoms with E-state index < -0.39 is 0 Å². The summed E-state index contributed by atoms with van der Waals surface area (Å²) in [6.45, 7) is 4.03. The van der Waals surface area contributed by atoms with Crippen molar-refractivity contribution in [3.8, 4) is 22.6 Å². The zero-order valence-electron chi connectivity index (χ0n) is 17.1. The van der Waals surface area contributed by atoms with Gasteiger partial charge in [-0.3, -0.25) is 9.59 Å². The molecule has 154 valence electrons. The second-order valence-electron chi connectivity index (χ2n) is 7.49. The Bertz CT molecular complexity index is 1070. The number of amides is 2. The highest BCUT2D eigenvalue weighted by Gasteiger charge is 2.24. The molecule has 0 saturated heterocycles. The van der Waals surface area contributed by atoms with Gasteiger partial charge in [0.2, 0.25) is 17.7 Å². The Kier molecular flexibility index (Phi) is 5.61. The first-order chi connectivity index (χ1) is 14.5. The largest absolute Gasteiger partial charge is 0.419 e. The fraction of sp³-hybridized carbons (Fsp3) is 0.304. The van der Waals surface area contributed by atoms with Crippen molar-refractivity contribution in [1.29, 1.82) is 0 Å². The predicted octanol–water partition coefficient (Wildman–Crippen LogP) is 3.63. The number of carbonyl (C=O) groups excluding carboxylic acids is 2. The van der Waals surface area contributed by atoms with Crippen LogP contribution in [0.25, 0.3) is 22.6 Å². The Morgan fingerprint density at radius 2 is 1.80 bits per heavy atom. The van der Waals surface area contributed by atoms with Gasteiger partial charge in [-0.2, -0.15) is 0 Å². The molecule has 2 aromatic carbocycles. The maximum atomic E-state index is 12.4. The highest BCUT2D eigenvalue weighted by molar-refractivity contribution is 5.96. The third kappa shape index (κ3) is 4.56. The van der Waals surface area contributed by atoms with Crippen LogP contribution < -0.4 is 10.6 Å². The molecule has 4 rings (SSSR count). The fourth-order valence-corrected chi connectivity index (χ4v) is 3.10. The predicted molar refractivity (Wildman–Crippen MR) is 113 cm³/mol. The first kappa shape index (κ1) is 19.8. The van der Waals surface area contributed by atoms with Gasteiger partial charge in [0.15, 0.2) is 0 Å². The molecule has 1 fully saturated rings. The quantitative estimate of drug-likeness (QED) is 0.627. The summed E-state index contributed by atoms with van der Waals surface area (Å²) >= 11 is 0. The van der Waals surface area contributed by atoms with Crippen LogP contribution >= 0.6 is 0 Å². The third-order valence-corrected chi connectivity index (χ3v) is 5.08. The van der Waals surface area contributed by atoms with Gasteiger partial charge in [-0.25, -0.2) is 0 Å². The SMILES string of the molecule is CCC(=O)NCc1nnc(-c2ccc(-c3cc(C(=O)NC4CC4)ccc3C)cc2)o1. The van der Waals surface area contributed by atoms with Gasteiger partial charge in [0, 0.05) is 23.6 Å². The summed E-state index contributed by atoms with van der Waals surface area (Å²) in [5.74, 6) is 0.670. The van der Waals surface area contributed by atoms with Crippen molar-refractivity contribution in [1.82, 2.24) is 20.8 Å². The zero-order valence-corrected chi connectivity index (χ0v) is 17.1. The minimum Gasteiger partial charge on any atom is -0.419 e. The van der Waals surface area contributed by atoms with Gasteiger partial charge in [-0.15, -0.1) is 10.2 Å². The van der Waals surface area contributed by atoms with Crippen molar-refractivity contribution in [3.05, 3.63) is 59.5 Å². The number of hydrogen-bond acceptors (Lipinski definition) is 5. The van der Waals surface area contributed by atoms with Crippen LogP contribution in [0.1, 0.15) is 48.0 Å². The monoisotopic (exact) mass is 404 g/mol. The van der Waals surface area contributed by atoms with Crippen LogP contribution in [-0.4, -0.2) is 28.1 Å². The van der Waals surface area contributed by atoms with Gasteiger partial charge in [0.25, 0.3) is 5.91 Å². The van der Waals surface area contributed by atoms with E-state index in [2.05, 4.69) is 20.8 Å². The standard InChI is InChI=1S/C23H24N4O3/c1-3-20(28)24-13-21-26-27-23(30-21)16-8-6-15(7-9-16)19-12-17(5-4-14(19)2)22(29)25-18-10-11-18/h4-9,12,18H,3,10-11,13H2,1-2H3,(H,24,28)(H,25,29). The molecular formula is C23H24N4O3. The number of benzene rings is 2. The fourth-order valence-electron chi connectivity index (χ4n) is 3.10. The number of aromatic nitrogens is 2. The second-order valence-corrected chi connectivity index (χ2v) is 7.49. The van der Waals surface area contributed by atoms with E-state index in [1.807, 2.05) is 49.4 Å². The second kappa shape index (κ2) is 8.49. The zero-order chi connectivity index (χ0) is 21.1. The van der Waals surface area contributed by atoms with Crippen molar-refractivity contribution < 1.29 is 14.0 Å². The molecule has 3 aromatic rings. The number of rotatable bonds is 7. The van der Waals surface area contributed by atoms with Crippen molar-refractivity contribution in [2.24, 2.45) is 0 Å². The lowest BCUT2D eigenvalue weighted by molar-refractivity contribution is -0.121. The molecule has 2 N–H and O–H groups in total. The van der Waals surface area contributed by atoms with Crippen LogP contribution in [0.15, 0.2) is 46.9 Å². The van der Waals surface area contributed by atoms with Gasteiger partial charge in [-0.05, 0) is 60.7 Å². The summed E-state index contributed by atoms with van der Waals surface area (Å²) in [5, 5.41) is 13.8. The average molecular weight is 404 g/mol. The molecule has 0 atom stereocenters. The van der Waals surface area contributed by atoms with Crippen LogP contribution in [0.5, 0.6) is 0 Å². The van der Waals surface area contributed by atoms with Gasteiger partial charge < -0.3 is 15.1 Å². The van der Waals surface area contributed by atoms with Gasteiger partial charge in [0.1, 0.15) is 0 Å². The molecule has 0 unspecified atom stereocenters. The molecule has 0 bridgehead atoms. The minimum atomic E-state index is -0.0671. The van der Waals surface area contributed by atoms with Crippen LogP contribution in [0.2, 0.25) is 0 Å². The van der Waals surface area contributed by atoms with Crippen molar-refractivity contribution >= 4 is 11.8 Å². The molecule has 1 aliphatic carbocycles. The van der Waals surface area contributed by atoms with E-state index in [1.54, 1.807) is 6.92 Å². The average Bonchev–Trinajstić information content (AvgIpc) is 3.45. The minimum absolute atomic E-state index is 0.0241. The molecule has 0 spiro atoms. The van der Waals surface area contributed by atoms with Crippen molar-refractivity contribution in [2.45, 2.75) is 45.7 Å². The van der Waals surface area contributed by atoms with E-state index in [1.165, 1.54) is 0 Å². The summed E-state index contributed by atoms with van der Waals surface area (Å²) in [6.07, 6.45) is 2.54. The van der Waals surface area contributed by atoms with Crippen LogP contribution in [0.3, 0.4) is 0 Å². The number of aryl methyl sites for hydroxylation is 1. The highest BCUT2D eigenvalue weighted by atomic mass is 16.4. The lowest BCUT2D eigenvalue weighted by atomic mass is 9.97. The molecule has 1 heterocycles. The Hall–Kier alpha value is -3.48. The van der Waals surface area contributed by atoms with Crippen molar-refractivity contribution in [2.75, 3.05) is 0 Å². The summed E-state index contributed by atoms with van der Waals surface area (Å²) < 4.78 is 5.64. The topological polar surface area (TPSA) is 97.1 Å². The maximum Gasteiger partial charge on any atom is 0.251 e. The van der Waals surface area contributed by atoms with Gasteiger partial charge >= 0.3 is 0 Å². The molecule has 7 nitrogen and oxygen atoms in total. The molecular weight excluding hydrogens is 380 g/mol. The molecule has 1 aromatic heterocycles. The Balaban J connectivity index is 1.50. The number of nitrogens with one attached hydrogen (secondary N) is 2. The molecule has 2 amide bonds. The van der Waals surface area contributed by atoms with Crippen LogP contribution in [-0.2, 0) is 11.3 Å². The third-order valence-electron chi connectivity index (χ3n) is 5.08. The van der Waals surface area contributed by atoms with E-state index in [0.29, 0.717) is 29.8 Å². The number of nitrogens with zero attached hydrogens (tertiary/aromatic N) is 2. The summed E-state index contributed by atoms with van der Waals surface area (Å²) in [4.78, 5) is 23.7. The lowest BCUT2D eigenvalue weighted by Crippen LogP contribution is -2.25. The van der Waals surface area contributed by atoms with Crippen LogP contribution in [0, 0.1) is 6.92 Å². The van der Waals surface area contributed by atoms with Gasteiger partial charge in [0.05, 0.1) is 6.54 Å². The van der Waals surface area contributed by atoms with E-state index in [-0.39, 0.29) is 18.4 Å². The summed E-state index contributed by atoms with van der Waals surface area (Å²) in [7, 11) is 0. The smallest absolute Gasteiger partial charge is 0.251 e. The molecule has 0 radical (unpaired) electrons. The van der Waals surface area contributed by atoms with Crippen molar-refractivity contribution in [3.63, 3.8) is 0 Å². The first-order valence-corrected chi connectivity index (χ1v) is 10.1. The highest BCUT2D eigenvalue weighted by Crippen LogP contribution is 2.28. The molecule has 0 aliphatic heterocycles. The van der Waals surface area contributed by atoms with Gasteiger partial charge in [-0.1, -0.05) is 25.1 Å².